The quantitative estimate of drug-likeness (QED) is 0.829. The van der Waals surface area contributed by atoms with Crippen LogP contribution in [0.2, 0.25) is 0 Å². The summed E-state index contributed by atoms with van der Waals surface area (Å²) in [4.78, 5) is 3.55. The van der Waals surface area contributed by atoms with Gasteiger partial charge in [-0.15, -0.1) is 0 Å². The van der Waals surface area contributed by atoms with E-state index in [9.17, 15) is 12.8 Å². The molecule has 0 atom stereocenters. The second-order valence-corrected chi connectivity index (χ2v) is 5.79. The van der Waals surface area contributed by atoms with Gasteiger partial charge in [0.25, 0.3) is 0 Å². The molecular formula is C11H11FN2O2S. The van der Waals surface area contributed by atoms with Crippen molar-refractivity contribution in [2.45, 2.75) is 11.8 Å². The van der Waals surface area contributed by atoms with Crippen LogP contribution in [-0.2, 0) is 9.84 Å². The van der Waals surface area contributed by atoms with Crippen LogP contribution in [0.15, 0.2) is 29.3 Å². The Labute approximate surface area is 98.2 Å². The molecule has 0 saturated heterocycles. The van der Waals surface area contributed by atoms with E-state index < -0.39 is 15.7 Å². The first-order valence-corrected chi connectivity index (χ1v) is 6.68. The highest BCUT2D eigenvalue weighted by atomic mass is 32.2. The van der Waals surface area contributed by atoms with Crippen LogP contribution in [0, 0.1) is 5.82 Å². The standard InChI is InChI=1S/C11H11FN2O2S/c1-2-17(15,16)11-8(12)6-9(13)7-4-3-5-14-10(7)11/h3-6H,2,13H2,1H3. The predicted octanol–water partition coefficient (Wildman–Crippen LogP) is 1.75. The molecule has 0 unspecified atom stereocenters. The highest BCUT2D eigenvalue weighted by molar-refractivity contribution is 7.91. The maximum Gasteiger partial charge on any atom is 0.183 e. The van der Waals surface area contributed by atoms with Crippen molar-refractivity contribution in [2.75, 3.05) is 11.5 Å². The summed E-state index contributed by atoms with van der Waals surface area (Å²) in [7, 11) is -3.67. The van der Waals surface area contributed by atoms with Gasteiger partial charge in [-0.3, -0.25) is 4.98 Å². The van der Waals surface area contributed by atoms with Crippen molar-refractivity contribution in [3.05, 3.63) is 30.2 Å². The Morgan fingerprint density at radius 3 is 2.82 bits per heavy atom. The Balaban J connectivity index is 2.98. The van der Waals surface area contributed by atoms with Gasteiger partial charge in [-0.25, -0.2) is 12.8 Å². The number of nitrogens with two attached hydrogens (primary N) is 1. The molecule has 90 valence electrons. The number of rotatable bonds is 2. The average molecular weight is 254 g/mol. The molecule has 0 amide bonds. The van der Waals surface area contributed by atoms with Gasteiger partial charge < -0.3 is 5.73 Å². The molecule has 1 heterocycles. The molecule has 0 aliphatic rings. The van der Waals surface area contributed by atoms with Gasteiger partial charge in [0.1, 0.15) is 10.7 Å². The lowest BCUT2D eigenvalue weighted by molar-refractivity contribution is 0.571. The summed E-state index contributed by atoms with van der Waals surface area (Å²) in [6, 6.07) is 4.26. The Kier molecular flexibility index (Phi) is 2.74. The summed E-state index contributed by atoms with van der Waals surface area (Å²) in [5.41, 5.74) is 5.91. The number of hydrogen-bond acceptors (Lipinski definition) is 4. The normalized spacial score (nSPS) is 11.9. The van der Waals surface area contributed by atoms with Gasteiger partial charge in [-0.1, -0.05) is 6.92 Å². The van der Waals surface area contributed by atoms with Gasteiger partial charge in [0, 0.05) is 17.3 Å². The summed E-state index contributed by atoms with van der Waals surface area (Å²) in [5, 5.41) is 0.445. The summed E-state index contributed by atoms with van der Waals surface area (Å²) < 4.78 is 37.4. The van der Waals surface area contributed by atoms with E-state index in [4.69, 9.17) is 5.73 Å². The highest BCUT2D eigenvalue weighted by Gasteiger charge is 2.22. The van der Waals surface area contributed by atoms with E-state index in [0.717, 1.165) is 6.07 Å². The maximum absolute atomic E-state index is 13.8. The lowest BCUT2D eigenvalue weighted by atomic mass is 10.2. The third kappa shape index (κ3) is 1.84. The summed E-state index contributed by atoms with van der Waals surface area (Å²) in [5.74, 6) is -1.03. The molecule has 0 bridgehead atoms. The fourth-order valence-corrected chi connectivity index (χ4v) is 2.75. The van der Waals surface area contributed by atoms with E-state index >= 15 is 0 Å². The Bertz CT molecular complexity index is 683. The van der Waals surface area contributed by atoms with Crippen LogP contribution in [0.3, 0.4) is 0 Å². The van der Waals surface area contributed by atoms with Crippen LogP contribution < -0.4 is 5.73 Å². The third-order valence-electron chi connectivity index (χ3n) is 2.52. The zero-order valence-corrected chi connectivity index (χ0v) is 9.96. The van der Waals surface area contributed by atoms with E-state index in [2.05, 4.69) is 4.98 Å². The van der Waals surface area contributed by atoms with E-state index in [1.807, 2.05) is 0 Å². The van der Waals surface area contributed by atoms with Gasteiger partial charge in [0.15, 0.2) is 9.84 Å². The molecule has 2 N–H and O–H groups in total. The van der Waals surface area contributed by atoms with Crippen LogP contribution in [0.1, 0.15) is 6.92 Å². The zero-order valence-electron chi connectivity index (χ0n) is 9.14. The minimum atomic E-state index is -3.67. The molecule has 6 heteroatoms. The average Bonchev–Trinajstić information content (AvgIpc) is 2.29. The maximum atomic E-state index is 13.8. The van der Waals surface area contributed by atoms with E-state index in [0.29, 0.717) is 5.39 Å². The van der Waals surface area contributed by atoms with Gasteiger partial charge >= 0.3 is 0 Å². The molecule has 1 aromatic heterocycles. The third-order valence-corrected chi connectivity index (χ3v) is 4.29. The van der Waals surface area contributed by atoms with Crippen molar-refractivity contribution in [1.29, 1.82) is 0 Å². The molecule has 0 spiro atoms. The van der Waals surface area contributed by atoms with Crippen LogP contribution in [0.4, 0.5) is 10.1 Å². The lowest BCUT2D eigenvalue weighted by Gasteiger charge is -2.08. The SMILES string of the molecule is CCS(=O)(=O)c1c(F)cc(N)c2cccnc12. The minimum Gasteiger partial charge on any atom is -0.398 e. The van der Waals surface area contributed by atoms with Crippen molar-refractivity contribution < 1.29 is 12.8 Å². The smallest absolute Gasteiger partial charge is 0.183 e. The highest BCUT2D eigenvalue weighted by Crippen LogP contribution is 2.29. The second kappa shape index (κ2) is 3.96. The first-order chi connectivity index (χ1) is 7.97. The fraction of sp³-hybridized carbons (Fsp3) is 0.182. The van der Waals surface area contributed by atoms with Crippen LogP contribution >= 0.6 is 0 Å². The van der Waals surface area contributed by atoms with E-state index in [1.165, 1.54) is 13.1 Å². The number of nitrogen functional groups attached to an aromatic ring is 1. The molecule has 4 nitrogen and oxygen atoms in total. The Morgan fingerprint density at radius 2 is 2.18 bits per heavy atom. The molecule has 0 radical (unpaired) electrons. The van der Waals surface area contributed by atoms with Crippen molar-refractivity contribution in [3.8, 4) is 0 Å². The zero-order chi connectivity index (χ0) is 12.6. The van der Waals surface area contributed by atoms with Crippen molar-refractivity contribution in [1.82, 2.24) is 4.98 Å². The molecule has 1 aromatic carbocycles. The number of pyridine rings is 1. The number of sulfone groups is 1. The number of halogens is 1. The monoisotopic (exact) mass is 254 g/mol. The largest absolute Gasteiger partial charge is 0.398 e. The van der Waals surface area contributed by atoms with Gasteiger partial charge in [0.2, 0.25) is 0 Å². The van der Waals surface area contributed by atoms with Crippen molar-refractivity contribution in [3.63, 3.8) is 0 Å². The fourth-order valence-electron chi connectivity index (χ4n) is 1.65. The lowest BCUT2D eigenvalue weighted by Crippen LogP contribution is -2.09. The number of benzene rings is 1. The topological polar surface area (TPSA) is 73.0 Å². The number of aromatic nitrogens is 1. The molecule has 2 aromatic rings. The molecule has 0 aliphatic carbocycles. The number of hydrogen-bond donors (Lipinski definition) is 1. The van der Waals surface area contributed by atoms with E-state index in [1.54, 1.807) is 12.1 Å². The Hall–Kier alpha value is -1.69. The number of anilines is 1. The number of fused-ring (bicyclic) bond motifs is 1. The van der Waals surface area contributed by atoms with Crippen molar-refractivity contribution in [2.24, 2.45) is 0 Å². The summed E-state index contributed by atoms with van der Waals surface area (Å²) in [6.07, 6.45) is 1.41. The number of nitrogens with zero attached hydrogens (tertiary/aromatic N) is 1. The minimum absolute atomic E-state index is 0.0897. The second-order valence-electron chi connectivity index (χ2n) is 3.58. The molecular weight excluding hydrogens is 243 g/mol. The summed E-state index contributed by atoms with van der Waals surface area (Å²) in [6.45, 7) is 1.46. The molecule has 0 fully saturated rings. The van der Waals surface area contributed by atoms with Gasteiger partial charge in [-0.2, -0.15) is 0 Å². The predicted molar refractivity (Wildman–Crippen MR) is 63.8 cm³/mol. The first kappa shape index (κ1) is 11.8. The van der Waals surface area contributed by atoms with Gasteiger partial charge in [-0.05, 0) is 18.2 Å². The molecule has 2 rings (SSSR count). The molecule has 0 saturated carbocycles. The molecule has 0 aliphatic heterocycles. The molecule has 17 heavy (non-hydrogen) atoms. The Morgan fingerprint density at radius 1 is 1.47 bits per heavy atom. The van der Waals surface area contributed by atoms with Crippen LogP contribution in [0.5, 0.6) is 0 Å². The van der Waals surface area contributed by atoms with Crippen molar-refractivity contribution >= 4 is 26.4 Å². The van der Waals surface area contributed by atoms with E-state index in [-0.39, 0.29) is 21.9 Å². The summed E-state index contributed by atoms with van der Waals surface area (Å²) >= 11 is 0. The van der Waals surface area contributed by atoms with Crippen LogP contribution in [-0.4, -0.2) is 19.2 Å². The van der Waals surface area contributed by atoms with Gasteiger partial charge in [0.05, 0.1) is 11.3 Å². The first-order valence-electron chi connectivity index (χ1n) is 5.03. The van der Waals surface area contributed by atoms with Crippen LogP contribution in [0.25, 0.3) is 10.9 Å².